The van der Waals surface area contributed by atoms with E-state index in [-0.39, 0.29) is 12.2 Å². The zero-order valence-corrected chi connectivity index (χ0v) is 16.8. The van der Waals surface area contributed by atoms with E-state index in [4.69, 9.17) is 21.1 Å². The average molecular weight is 399 g/mol. The van der Waals surface area contributed by atoms with E-state index in [1.165, 1.54) is 0 Å². The standard InChI is InChI=1S/C22H23ClN2O3/c1-3-27-21-9-8-17(11-22(21)28-4-2)20(26)12-19-14-25(15-24-19)13-16-6-5-7-18(23)10-16/h5-11,14-15H,3-4,12-13H2,1-2H3. The van der Waals surface area contributed by atoms with Crippen molar-refractivity contribution < 1.29 is 14.3 Å². The maximum absolute atomic E-state index is 12.7. The molecule has 2 aromatic carbocycles. The first-order chi connectivity index (χ1) is 13.6. The zero-order valence-electron chi connectivity index (χ0n) is 16.0. The van der Waals surface area contributed by atoms with Gasteiger partial charge in [-0.05, 0) is 49.7 Å². The van der Waals surface area contributed by atoms with Gasteiger partial charge in [-0.2, -0.15) is 0 Å². The first-order valence-electron chi connectivity index (χ1n) is 9.27. The fourth-order valence-corrected chi connectivity index (χ4v) is 3.13. The molecule has 5 nitrogen and oxygen atoms in total. The summed E-state index contributed by atoms with van der Waals surface area (Å²) in [6.45, 7) is 5.51. The number of imidazole rings is 1. The van der Waals surface area contributed by atoms with Gasteiger partial charge in [-0.25, -0.2) is 4.98 Å². The van der Waals surface area contributed by atoms with Crippen LogP contribution >= 0.6 is 11.6 Å². The van der Waals surface area contributed by atoms with Crippen molar-refractivity contribution in [3.05, 3.63) is 76.8 Å². The van der Waals surface area contributed by atoms with Crippen LogP contribution in [0, 0.1) is 0 Å². The molecule has 0 saturated carbocycles. The molecule has 0 aliphatic rings. The molecule has 0 aliphatic carbocycles. The maximum atomic E-state index is 12.7. The van der Waals surface area contributed by atoms with Crippen LogP contribution in [-0.4, -0.2) is 28.5 Å². The second kappa shape index (κ2) is 9.42. The summed E-state index contributed by atoms with van der Waals surface area (Å²) in [6, 6.07) is 13.0. The fraction of sp³-hybridized carbons (Fsp3) is 0.273. The maximum Gasteiger partial charge on any atom is 0.169 e. The highest BCUT2D eigenvalue weighted by molar-refractivity contribution is 6.30. The smallest absolute Gasteiger partial charge is 0.169 e. The Bertz CT molecular complexity index is 952. The molecule has 0 amide bonds. The fourth-order valence-electron chi connectivity index (χ4n) is 2.92. The zero-order chi connectivity index (χ0) is 19.9. The molecule has 146 valence electrons. The predicted octanol–water partition coefficient (Wildman–Crippen LogP) is 4.81. The van der Waals surface area contributed by atoms with Crippen molar-refractivity contribution in [2.45, 2.75) is 26.8 Å². The van der Waals surface area contributed by atoms with Gasteiger partial charge in [0.2, 0.25) is 0 Å². The minimum Gasteiger partial charge on any atom is -0.490 e. The van der Waals surface area contributed by atoms with Crippen molar-refractivity contribution in [2.24, 2.45) is 0 Å². The summed E-state index contributed by atoms with van der Waals surface area (Å²) in [5.74, 6) is 1.21. The molecule has 3 aromatic rings. The van der Waals surface area contributed by atoms with Crippen LogP contribution in [0.15, 0.2) is 55.0 Å². The van der Waals surface area contributed by atoms with Crippen LogP contribution in [0.4, 0.5) is 0 Å². The van der Waals surface area contributed by atoms with Crippen LogP contribution in [0.25, 0.3) is 0 Å². The summed E-state index contributed by atoms with van der Waals surface area (Å²) in [5, 5.41) is 0.702. The van der Waals surface area contributed by atoms with Gasteiger partial charge in [0.25, 0.3) is 0 Å². The highest BCUT2D eigenvalue weighted by Crippen LogP contribution is 2.29. The molecule has 1 heterocycles. The molecule has 6 heteroatoms. The number of rotatable bonds is 9. The van der Waals surface area contributed by atoms with Gasteiger partial charge in [0.05, 0.1) is 31.7 Å². The molecule has 0 saturated heterocycles. The summed E-state index contributed by atoms with van der Waals surface area (Å²) >= 11 is 6.03. The lowest BCUT2D eigenvalue weighted by atomic mass is 10.1. The number of benzene rings is 2. The Balaban J connectivity index is 1.69. The van der Waals surface area contributed by atoms with Gasteiger partial charge in [0, 0.05) is 23.3 Å². The van der Waals surface area contributed by atoms with Crippen LogP contribution in [0.3, 0.4) is 0 Å². The molecule has 0 bridgehead atoms. The molecular formula is C22H23ClN2O3. The number of ketones is 1. The van der Waals surface area contributed by atoms with E-state index in [2.05, 4.69) is 4.98 Å². The van der Waals surface area contributed by atoms with Crippen molar-refractivity contribution in [2.75, 3.05) is 13.2 Å². The first kappa shape index (κ1) is 20.0. The summed E-state index contributed by atoms with van der Waals surface area (Å²) in [7, 11) is 0. The number of carbonyl (C=O) groups excluding carboxylic acids is 1. The van der Waals surface area contributed by atoms with E-state index in [0.29, 0.717) is 41.8 Å². The number of halogens is 1. The Hall–Kier alpha value is -2.79. The number of Topliss-reactive ketones (excluding diaryl/α,β-unsaturated/α-hetero) is 1. The number of aromatic nitrogens is 2. The van der Waals surface area contributed by atoms with E-state index in [9.17, 15) is 4.79 Å². The average Bonchev–Trinajstić information content (AvgIpc) is 3.10. The third kappa shape index (κ3) is 5.14. The molecule has 0 aliphatic heterocycles. The lowest BCUT2D eigenvalue weighted by Gasteiger charge is -2.11. The number of carbonyl (C=O) groups is 1. The molecule has 0 radical (unpaired) electrons. The Labute approximate surface area is 169 Å². The van der Waals surface area contributed by atoms with E-state index in [1.807, 2.05) is 48.9 Å². The van der Waals surface area contributed by atoms with E-state index in [0.717, 1.165) is 11.3 Å². The van der Waals surface area contributed by atoms with E-state index in [1.54, 1.807) is 24.5 Å². The van der Waals surface area contributed by atoms with Gasteiger partial charge < -0.3 is 14.0 Å². The molecule has 0 spiro atoms. The van der Waals surface area contributed by atoms with Gasteiger partial charge >= 0.3 is 0 Å². The Morgan fingerprint density at radius 1 is 1.07 bits per heavy atom. The number of hydrogen-bond acceptors (Lipinski definition) is 4. The van der Waals surface area contributed by atoms with Crippen LogP contribution < -0.4 is 9.47 Å². The largest absolute Gasteiger partial charge is 0.490 e. The van der Waals surface area contributed by atoms with Crippen LogP contribution in [0.2, 0.25) is 5.02 Å². The number of hydrogen-bond donors (Lipinski definition) is 0. The highest BCUT2D eigenvalue weighted by atomic mass is 35.5. The molecule has 28 heavy (non-hydrogen) atoms. The Kier molecular flexibility index (Phi) is 6.71. The third-order valence-corrected chi connectivity index (χ3v) is 4.38. The van der Waals surface area contributed by atoms with Gasteiger partial charge in [0.1, 0.15) is 0 Å². The monoisotopic (exact) mass is 398 g/mol. The predicted molar refractivity (Wildman–Crippen MR) is 110 cm³/mol. The molecule has 0 fully saturated rings. The van der Waals surface area contributed by atoms with E-state index >= 15 is 0 Å². The van der Waals surface area contributed by atoms with Gasteiger partial charge in [-0.3, -0.25) is 4.79 Å². The second-order valence-corrected chi connectivity index (χ2v) is 6.73. The third-order valence-electron chi connectivity index (χ3n) is 4.15. The van der Waals surface area contributed by atoms with Crippen molar-refractivity contribution in [3.63, 3.8) is 0 Å². The van der Waals surface area contributed by atoms with Crippen molar-refractivity contribution in [1.82, 2.24) is 9.55 Å². The molecule has 1 aromatic heterocycles. The van der Waals surface area contributed by atoms with Crippen molar-refractivity contribution in [3.8, 4) is 11.5 Å². The van der Waals surface area contributed by atoms with Gasteiger partial charge in [-0.1, -0.05) is 23.7 Å². The Morgan fingerprint density at radius 2 is 1.86 bits per heavy atom. The number of nitrogens with zero attached hydrogens (tertiary/aromatic N) is 2. The lowest BCUT2D eigenvalue weighted by Crippen LogP contribution is -2.06. The highest BCUT2D eigenvalue weighted by Gasteiger charge is 2.13. The summed E-state index contributed by atoms with van der Waals surface area (Å²) < 4.78 is 13.1. The van der Waals surface area contributed by atoms with Crippen LogP contribution in [0.1, 0.15) is 35.5 Å². The van der Waals surface area contributed by atoms with E-state index < -0.39 is 0 Å². The van der Waals surface area contributed by atoms with Gasteiger partial charge in [0.15, 0.2) is 17.3 Å². The normalized spacial score (nSPS) is 10.7. The SMILES string of the molecule is CCOc1ccc(C(=O)Cc2cn(Cc3cccc(Cl)c3)cn2)cc1OCC. The van der Waals surface area contributed by atoms with Crippen molar-refractivity contribution >= 4 is 17.4 Å². The molecular weight excluding hydrogens is 376 g/mol. The molecule has 0 N–H and O–H groups in total. The molecule has 3 rings (SSSR count). The van der Waals surface area contributed by atoms with Crippen LogP contribution in [0.5, 0.6) is 11.5 Å². The minimum absolute atomic E-state index is 0.0167. The quantitative estimate of drug-likeness (QED) is 0.485. The number of ether oxygens (including phenoxy) is 2. The molecule has 0 unspecified atom stereocenters. The topological polar surface area (TPSA) is 53.4 Å². The first-order valence-corrected chi connectivity index (χ1v) is 9.64. The lowest BCUT2D eigenvalue weighted by molar-refractivity contribution is 0.0991. The minimum atomic E-state index is -0.0167. The van der Waals surface area contributed by atoms with Crippen molar-refractivity contribution in [1.29, 1.82) is 0 Å². The summed E-state index contributed by atoms with van der Waals surface area (Å²) in [6.07, 6.45) is 3.84. The molecule has 0 atom stereocenters. The summed E-state index contributed by atoms with van der Waals surface area (Å²) in [4.78, 5) is 17.0. The Morgan fingerprint density at radius 3 is 2.61 bits per heavy atom. The van der Waals surface area contributed by atoms with Crippen LogP contribution in [-0.2, 0) is 13.0 Å². The second-order valence-electron chi connectivity index (χ2n) is 6.29. The van der Waals surface area contributed by atoms with Gasteiger partial charge in [-0.15, -0.1) is 0 Å². The summed E-state index contributed by atoms with van der Waals surface area (Å²) in [5.41, 5.74) is 2.38.